The van der Waals surface area contributed by atoms with Crippen LogP contribution in [0.2, 0.25) is 0 Å². The second kappa shape index (κ2) is 6.48. The molecule has 0 amide bonds. The van der Waals surface area contributed by atoms with E-state index < -0.39 is 0 Å². The lowest BCUT2D eigenvalue weighted by Gasteiger charge is -2.19. The fraction of sp³-hybridized carbons (Fsp3) is 0.235. The molecule has 6 nitrogen and oxygen atoms in total. The summed E-state index contributed by atoms with van der Waals surface area (Å²) in [6.07, 6.45) is 0. The van der Waals surface area contributed by atoms with Gasteiger partial charge in [0.1, 0.15) is 13.2 Å². The summed E-state index contributed by atoms with van der Waals surface area (Å²) in [5, 5.41) is 15.2. The predicted octanol–water partition coefficient (Wildman–Crippen LogP) is 2.47. The van der Waals surface area contributed by atoms with Crippen LogP contribution in [0.1, 0.15) is 16.7 Å². The first-order valence-electron chi connectivity index (χ1n) is 7.38. The summed E-state index contributed by atoms with van der Waals surface area (Å²) < 4.78 is 11.1. The summed E-state index contributed by atoms with van der Waals surface area (Å²) in [7, 11) is 0. The lowest BCUT2D eigenvalue weighted by atomic mass is 10.1. The van der Waals surface area contributed by atoms with E-state index in [1.807, 2.05) is 43.3 Å². The average molecular weight is 313 g/mol. The molecule has 0 spiro atoms. The van der Waals surface area contributed by atoms with Gasteiger partial charge in [0.2, 0.25) is 0 Å². The van der Waals surface area contributed by atoms with Gasteiger partial charge in [0.05, 0.1) is 0 Å². The molecule has 0 fully saturated rings. The Labute approximate surface area is 134 Å². The van der Waals surface area contributed by atoms with Crippen molar-refractivity contribution in [3.05, 3.63) is 53.1 Å². The minimum Gasteiger partial charge on any atom is -0.486 e. The number of hydrogen-bond acceptors (Lipinski definition) is 5. The minimum absolute atomic E-state index is 0.0902. The van der Waals surface area contributed by atoms with Crippen LogP contribution in [0.5, 0.6) is 11.5 Å². The highest BCUT2D eigenvalue weighted by Gasteiger charge is 2.11. The molecule has 0 bridgehead atoms. The maximum atomic E-state index is 8.79. The van der Waals surface area contributed by atoms with Gasteiger partial charge in [-0.05, 0) is 36.2 Å². The van der Waals surface area contributed by atoms with Gasteiger partial charge < -0.3 is 25.7 Å². The highest BCUT2D eigenvalue weighted by molar-refractivity contribution is 5.98. The molecular weight excluding hydrogens is 294 g/mol. The maximum Gasteiger partial charge on any atom is 0.170 e. The number of amidine groups is 1. The summed E-state index contributed by atoms with van der Waals surface area (Å²) in [5.74, 6) is 1.65. The summed E-state index contributed by atoms with van der Waals surface area (Å²) in [6, 6.07) is 11.5. The topological polar surface area (TPSA) is 89.1 Å². The Kier molecular flexibility index (Phi) is 4.23. The van der Waals surface area contributed by atoms with Gasteiger partial charge in [-0.25, -0.2) is 0 Å². The van der Waals surface area contributed by atoms with Gasteiger partial charge in [-0.3, -0.25) is 0 Å². The van der Waals surface area contributed by atoms with E-state index in [1.165, 1.54) is 0 Å². The number of rotatable bonds is 4. The Bertz CT molecular complexity index is 744. The van der Waals surface area contributed by atoms with Gasteiger partial charge in [-0.15, -0.1) is 0 Å². The third kappa shape index (κ3) is 3.31. The first kappa shape index (κ1) is 15.0. The number of benzene rings is 2. The Hall–Kier alpha value is -2.89. The molecule has 1 aliphatic rings. The first-order chi connectivity index (χ1) is 11.2. The van der Waals surface area contributed by atoms with Crippen molar-refractivity contribution in [2.24, 2.45) is 10.9 Å². The Balaban J connectivity index is 1.75. The van der Waals surface area contributed by atoms with Crippen LogP contribution >= 0.6 is 0 Å². The number of nitrogens with one attached hydrogen (secondary N) is 1. The van der Waals surface area contributed by atoms with E-state index in [0.29, 0.717) is 25.3 Å². The van der Waals surface area contributed by atoms with E-state index in [-0.39, 0.29) is 5.84 Å². The highest BCUT2D eigenvalue weighted by atomic mass is 16.6. The number of ether oxygens (including phenoxy) is 2. The van der Waals surface area contributed by atoms with Crippen LogP contribution in [0.15, 0.2) is 41.6 Å². The monoisotopic (exact) mass is 313 g/mol. The zero-order valence-corrected chi connectivity index (χ0v) is 12.9. The van der Waals surface area contributed by atoms with Gasteiger partial charge >= 0.3 is 0 Å². The van der Waals surface area contributed by atoms with E-state index in [2.05, 4.69) is 10.5 Å². The van der Waals surface area contributed by atoms with Crippen molar-refractivity contribution < 1.29 is 14.7 Å². The summed E-state index contributed by atoms with van der Waals surface area (Å²) in [5.41, 5.74) is 9.41. The number of oxime groups is 1. The molecule has 0 aliphatic carbocycles. The molecule has 0 radical (unpaired) electrons. The van der Waals surface area contributed by atoms with E-state index in [1.54, 1.807) is 0 Å². The quantitative estimate of drug-likeness (QED) is 0.349. The van der Waals surface area contributed by atoms with E-state index in [4.69, 9.17) is 20.4 Å². The van der Waals surface area contributed by atoms with Crippen molar-refractivity contribution in [1.29, 1.82) is 0 Å². The number of nitrogens with zero attached hydrogens (tertiary/aromatic N) is 1. The van der Waals surface area contributed by atoms with Crippen molar-refractivity contribution in [2.45, 2.75) is 13.5 Å². The fourth-order valence-electron chi connectivity index (χ4n) is 2.42. The van der Waals surface area contributed by atoms with Crippen molar-refractivity contribution in [1.82, 2.24) is 0 Å². The molecule has 0 atom stereocenters. The SMILES string of the molecule is Cc1ccc(/C(N)=N/O)cc1NCc1ccc2c(c1)OCCO2. The van der Waals surface area contributed by atoms with Crippen molar-refractivity contribution in [2.75, 3.05) is 18.5 Å². The van der Waals surface area contributed by atoms with Crippen LogP contribution in [0.4, 0.5) is 5.69 Å². The molecule has 23 heavy (non-hydrogen) atoms. The third-order valence-corrected chi connectivity index (χ3v) is 3.73. The van der Waals surface area contributed by atoms with Gasteiger partial charge in [-0.2, -0.15) is 0 Å². The second-order valence-electron chi connectivity index (χ2n) is 5.35. The Morgan fingerprint density at radius 2 is 1.96 bits per heavy atom. The summed E-state index contributed by atoms with van der Waals surface area (Å²) >= 11 is 0. The first-order valence-corrected chi connectivity index (χ1v) is 7.38. The molecule has 2 aromatic carbocycles. The number of fused-ring (bicyclic) bond motifs is 1. The molecule has 0 saturated carbocycles. The van der Waals surface area contributed by atoms with Gasteiger partial charge in [0.15, 0.2) is 17.3 Å². The minimum atomic E-state index is 0.0902. The molecule has 120 valence electrons. The zero-order chi connectivity index (χ0) is 16.2. The molecular formula is C17H19N3O3. The van der Waals surface area contributed by atoms with Crippen LogP contribution in [-0.4, -0.2) is 24.3 Å². The van der Waals surface area contributed by atoms with Gasteiger partial charge in [-0.1, -0.05) is 23.4 Å². The Morgan fingerprint density at radius 1 is 1.17 bits per heavy atom. The molecule has 6 heteroatoms. The molecule has 1 aliphatic heterocycles. The maximum absolute atomic E-state index is 8.79. The normalized spacial score (nSPS) is 13.7. The molecule has 0 aromatic heterocycles. The average Bonchev–Trinajstić information content (AvgIpc) is 2.60. The zero-order valence-electron chi connectivity index (χ0n) is 12.9. The van der Waals surface area contributed by atoms with Gasteiger partial charge in [0.25, 0.3) is 0 Å². The van der Waals surface area contributed by atoms with E-state index in [0.717, 1.165) is 28.3 Å². The summed E-state index contributed by atoms with van der Waals surface area (Å²) in [4.78, 5) is 0. The number of aryl methyl sites for hydroxylation is 1. The molecule has 3 rings (SSSR count). The van der Waals surface area contributed by atoms with Crippen molar-refractivity contribution in [3.63, 3.8) is 0 Å². The van der Waals surface area contributed by atoms with Crippen molar-refractivity contribution in [3.8, 4) is 11.5 Å². The van der Waals surface area contributed by atoms with Crippen LogP contribution in [0.25, 0.3) is 0 Å². The van der Waals surface area contributed by atoms with Crippen LogP contribution in [-0.2, 0) is 6.54 Å². The van der Waals surface area contributed by atoms with Crippen LogP contribution in [0, 0.1) is 6.92 Å². The van der Waals surface area contributed by atoms with E-state index in [9.17, 15) is 0 Å². The molecule has 0 unspecified atom stereocenters. The lowest BCUT2D eigenvalue weighted by Crippen LogP contribution is -2.15. The van der Waals surface area contributed by atoms with Gasteiger partial charge in [0, 0.05) is 17.8 Å². The lowest BCUT2D eigenvalue weighted by molar-refractivity contribution is 0.171. The number of nitrogens with two attached hydrogens (primary N) is 1. The largest absolute Gasteiger partial charge is 0.486 e. The fourth-order valence-corrected chi connectivity index (χ4v) is 2.42. The van der Waals surface area contributed by atoms with Crippen LogP contribution in [0.3, 0.4) is 0 Å². The van der Waals surface area contributed by atoms with Crippen LogP contribution < -0.4 is 20.5 Å². The standard InChI is InChI=1S/C17H19N3O3/c1-11-2-4-13(17(18)20-21)9-14(11)19-10-12-3-5-15-16(8-12)23-7-6-22-15/h2-5,8-9,19,21H,6-7,10H2,1H3,(H2,18,20). The predicted molar refractivity (Wildman–Crippen MR) is 88.4 cm³/mol. The highest BCUT2D eigenvalue weighted by Crippen LogP contribution is 2.31. The smallest absolute Gasteiger partial charge is 0.170 e. The molecule has 4 N–H and O–H groups in total. The number of anilines is 1. The third-order valence-electron chi connectivity index (χ3n) is 3.73. The number of hydrogen-bond donors (Lipinski definition) is 3. The Morgan fingerprint density at radius 3 is 2.74 bits per heavy atom. The molecule has 2 aromatic rings. The molecule has 0 saturated heterocycles. The second-order valence-corrected chi connectivity index (χ2v) is 5.35. The van der Waals surface area contributed by atoms with Crippen molar-refractivity contribution >= 4 is 11.5 Å². The molecule has 1 heterocycles. The summed E-state index contributed by atoms with van der Waals surface area (Å²) in [6.45, 7) is 3.80. The van der Waals surface area contributed by atoms with E-state index >= 15 is 0 Å².